The molecule has 0 aliphatic heterocycles. The highest BCUT2D eigenvalue weighted by molar-refractivity contribution is 9.10. The molecule has 0 atom stereocenters. The van der Waals surface area contributed by atoms with Crippen molar-refractivity contribution in [2.24, 2.45) is 0 Å². The van der Waals surface area contributed by atoms with Crippen molar-refractivity contribution in [1.82, 2.24) is 9.55 Å². The van der Waals surface area contributed by atoms with E-state index in [1.807, 2.05) is 0 Å². The Kier molecular flexibility index (Phi) is 3.57. The summed E-state index contributed by atoms with van der Waals surface area (Å²) in [5.41, 5.74) is 5.53. The molecule has 0 N–H and O–H groups in total. The second-order valence-electron chi connectivity index (χ2n) is 4.85. The first-order valence-corrected chi connectivity index (χ1v) is 7.74. The van der Waals surface area contributed by atoms with Crippen LogP contribution in [0.15, 0.2) is 40.9 Å². The monoisotopic (exact) mass is 348 g/mol. The smallest absolute Gasteiger partial charge is 0.129 e. The van der Waals surface area contributed by atoms with E-state index in [0.29, 0.717) is 5.88 Å². The minimum absolute atomic E-state index is 0.383. The molecule has 0 unspecified atom stereocenters. The van der Waals surface area contributed by atoms with Gasteiger partial charge in [0.15, 0.2) is 0 Å². The van der Waals surface area contributed by atoms with Gasteiger partial charge in [-0.2, -0.15) is 0 Å². The lowest BCUT2D eigenvalue weighted by molar-refractivity contribution is 0.974. The molecule has 0 amide bonds. The summed E-state index contributed by atoms with van der Waals surface area (Å²) in [5.74, 6) is 1.25. The van der Waals surface area contributed by atoms with Crippen molar-refractivity contribution in [1.29, 1.82) is 0 Å². The number of benzene rings is 2. The summed E-state index contributed by atoms with van der Waals surface area (Å²) in [4.78, 5) is 4.69. The topological polar surface area (TPSA) is 17.8 Å². The molecule has 1 heterocycles. The highest BCUT2D eigenvalue weighted by Gasteiger charge is 2.15. The van der Waals surface area contributed by atoms with Crippen molar-refractivity contribution in [2.75, 3.05) is 0 Å². The molecule has 0 aliphatic rings. The number of halogens is 2. The van der Waals surface area contributed by atoms with E-state index in [0.717, 1.165) is 32.6 Å². The molecule has 3 aromatic rings. The van der Waals surface area contributed by atoms with Crippen molar-refractivity contribution in [2.45, 2.75) is 19.7 Å². The second-order valence-corrected chi connectivity index (χ2v) is 5.91. The first kappa shape index (κ1) is 13.7. The van der Waals surface area contributed by atoms with Crippen LogP contribution in [0.1, 0.15) is 17.0 Å². The minimum atomic E-state index is 0.383. The van der Waals surface area contributed by atoms with Crippen LogP contribution < -0.4 is 0 Å². The normalized spacial score (nSPS) is 11.2. The lowest BCUT2D eigenvalue weighted by Crippen LogP contribution is -2.01. The van der Waals surface area contributed by atoms with E-state index in [-0.39, 0.29) is 0 Å². The van der Waals surface area contributed by atoms with Crippen LogP contribution in [0.4, 0.5) is 0 Å². The minimum Gasteiger partial charge on any atom is -0.294 e. The van der Waals surface area contributed by atoms with Crippen molar-refractivity contribution in [3.63, 3.8) is 0 Å². The summed E-state index contributed by atoms with van der Waals surface area (Å²) in [7, 11) is 0. The number of para-hydroxylation sites is 1. The summed E-state index contributed by atoms with van der Waals surface area (Å²) < 4.78 is 3.21. The first-order chi connectivity index (χ1) is 9.63. The maximum Gasteiger partial charge on any atom is 0.129 e. The molecule has 0 fully saturated rings. The first-order valence-electron chi connectivity index (χ1n) is 6.42. The van der Waals surface area contributed by atoms with Crippen molar-refractivity contribution >= 4 is 38.6 Å². The molecule has 0 bridgehead atoms. The van der Waals surface area contributed by atoms with Gasteiger partial charge in [0.2, 0.25) is 0 Å². The van der Waals surface area contributed by atoms with Crippen LogP contribution in [0.5, 0.6) is 0 Å². The standard InChI is InChI=1S/C16H14BrClN2/c1-10-5-3-7-12(15(10)17)20-13-8-4-6-11(2)16(13)19-14(20)9-18/h3-8H,9H2,1-2H3. The van der Waals surface area contributed by atoms with Gasteiger partial charge < -0.3 is 0 Å². The van der Waals surface area contributed by atoms with Gasteiger partial charge in [-0.25, -0.2) is 4.98 Å². The van der Waals surface area contributed by atoms with E-state index in [1.54, 1.807) is 0 Å². The molecule has 4 heteroatoms. The Hall–Kier alpha value is -1.32. The number of hydrogen-bond acceptors (Lipinski definition) is 1. The molecule has 102 valence electrons. The molecule has 0 radical (unpaired) electrons. The third-order valence-corrected chi connectivity index (χ3v) is 4.76. The number of alkyl halides is 1. The quantitative estimate of drug-likeness (QED) is 0.585. The molecule has 0 spiro atoms. The largest absolute Gasteiger partial charge is 0.294 e. The molecule has 0 aliphatic carbocycles. The van der Waals surface area contributed by atoms with Gasteiger partial charge in [0.25, 0.3) is 0 Å². The average molecular weight is 350 g/mol. The molecule has 3 rings (SSSR count). The van der Waals surface area contributed by atoms with Gasteiger partial charge in [0.05, 0.1) is 22.6 Å². The Bertz CT molecular complexity index is 793. The van der Waals surface area contributed by atoms with Gasteiger partial charge in [-0.1, -0.05) is 24.3 Å². The number of imidazole rings is 1. The van der Waals surface area contributed by atoms with Crippen LogP contribution in [0.3, 0.4) is 0 Å². The molecule has 20 heavy (non-hydrogen) atoms. The van der Waals surface area contributed by atoms with Crippen LogP contribution >= 0.6 is 27.5 Å². The SMILES string of the molecule is Cc1cccc(-n2c(CCl)nc3c(C)cccc32)c1Br. The number of nitrogens with zero attached hydrogens (tertiary/aromatic N) is 2. The fourth-order valence-electron chi connectivity index (χ4n) is 2.45. The number of hydrogen-bond donors (Lipinski definition) is 0. The van der Waals surface area contributed by atoms with Gasteiger partial charge >= 0.3 is 0 Å². The van der Waals surface area contributed by atoms with E-state index in [2.05, 4.69) is 75.7 Å². The van der Waals surface area contributed by atoms with E-state index in [9.17, 15) is 0 Å². The van der Waals surface area contributed by atoms with Crippen LogP contribution in [-0.4, -0.2) is 9.55 Å². The zero-order valence-electron chi connectivity index (χ0n) is 11.3. The number of aryl methyl sites for hydroxylation is 2. The summed E-state index contributed by atoms with van der Waals surface area (Å²) >= 11 is 9.78. The van der Waals surface area contributed by atoms with Crippen LogP contribution in [-0.2, 0) is 5.88 Å². The van der Waals surface area contributed by atoms with Crippen LogP contribution in [0.25, 0.3) is 16.7 Å². The van der Waals surface area contributed by atoms with Gasteiger partial charge in [-0.05, 0) is 53.0 Å². The van der Waals surface area contributed by atoms with E-state index >= 15 is 0 Å². The highest BCUT2D eigenvalue weighted by Crippen LogP contribution is 2.30. The molecule has 2 aromatic carbocycles. The van der Waals surface area contributed by atoms with Crippen LogP contribution in [0.2, 0.25) is 0 Å². The number of aromatic nitrogens is 2. The summed E-state index contributed by atoms with van der Waals surface area (Å²) in [6, 6.07) is 12.4. The molecular formula is C16H14BrClN2. The Labute approximate surface area is 131 Å². The highest BCUT2D eigenvalue weighted by atomic mass is 79.9. The predicted octanol–water partition coefficient (Wildman–Crippen LogP) is 5.14. The van der Waals surface area contributed by atoms with E-state index in [4.69, 9.17) is 11.6 Å². The lowest BCUT2D eigenvalue weighted by Gasteiger charge is -2.11. The second kappa shape index (κ2) is 5.23. The Morgan fingerprint density at radius 1 is 1.10 bits per heavy atom. The predicted molar refractivity (Wildman–Crippen MR) is 87.8 cm³/mol. The number of fused-ring (bicyclic) bond motifs is 1. The maximum atomic E-state index is 6.10. The van der Waals surface area contributed by atoms with Crippen LogP contribution in [0, 0.1) is 13.8 Å². The Balaban J connectivity index is 2.41. The Morgan fingerprint density at radius 2 is 1.80 bits per heavy atom. The zero-order chi connectivity index (χ0) is 14.3. The Morgan fingerprint density at radius 3 is 2.55 bits per heavy atom. The van der Waals surface area contributed by atoms with Gasteiger partial charge in [0.1, 0.15) is 5.82 Å². The summed E-state index contributed by atoms with van der Waals surface area (Å²) in [5, 5.41) is 0. The molecule has 0 saturated heterocycles. The van der Waals surface area contributed by atoms with Crippen molar-refractivity contribution in [3.8, 4) is 5.69 Å². The van der Waals surface area contributed by atoms with E-state index < -0.39 is 0 Å². The number of rotatable bonds is 2. The third kappa shape index (κ3) is 2.05. The van der Waals surface area contributed by atoms with E-state index in [1.165, 1.54) is 5.56 Å². The summed E-state index contributed by atoms with van der Waals surface area (Å²) in [6.45, 7) is 4.15. The van der Waals surface area contributed by atoms with Gasteiger partial charge in [-0.3, -0.25) is 4.57 Å². The molecule has 1 aromatic heterocycles. The van der Waals surface area contributed by atoms with Gasteiger partial charge in [-0.15, -0.1) is 11.6 Å². The summed E-state index contributed by atoms with van der Waals surface area (Å²) in [6.07, 6.45) is 0. The fraction of sp³-hybridized carbons (Fsp3) is 0.188. The molecule has 0 saturated carbocycles. The average Bonchev–Trinajstić information content (AvgIpc) is 2.82. The fourth-order valence-corrected chi connectivity index (χ4v) is 3.07. The lowest BCUT2D eigenvalue weighted by atomic mass is 10.2. The molecule has 2 nitrogen and oxygen atoms in total. The maximum absolute atomic E-state index is 6.10. The zero-order valence-corrected chi connectivity index (χ0v) is 13.7. The van der Waals surface area contributed by atoms with Gasteiger partial charge in [0, 0.05) is 4.47 Å². The molecular weight excluding hydrogens is 336 g/mol. The third-order valence-electron chi connectivity index (χ3n) is 3.49. The van der Waals surface area contributed by atoms with Crippen molar-refractivity contribution in [3.05, 3.63) is 57.8 Å². The van der Waals surface area contributed by atoms with Crippen molar-refractivity contribution < 1.29 is 0 Å².